The van der Waals surface area contributed by atoms with Crippen LogP contribution in [0, 0.1) is 0 Å². The molecule has 0 aliphatic rings. The molecule has 0 aliphatic carbocycles. The summed E-state index contributed by atoms with van der Waals surface area (Å²) >= 11 is 0. The molecule has 0 bridgehead atoms. The van der Waals surface area contributed by atoms with E-state index in [-0.39, 0.29) is 13.0 Å². The number of halogens is 3. The van der Waals surface area contributed by atoms with E-state index in [1.165, 1.54) is 39.0 Å². The molecule has 26 heavy (non-hydrogen) atoms. The molecule has 0 aliphatic heterocycles. The minimum atomic E-state index is -5.82. The van der Waals surface area contributed by atoms with Crippen LogP contribution in [-0.2, 0) is 23.8 Å². The lowest BCUT2D eigenvalue weighted by molar-refractivity contribution is -0.152. The zero-order chi connectivity index (χ0) is 20.1. The summed E-state index contributed by atoms with van der Waals surface area (Å²) < 4.78 is 68.1. The van der Waals surface area contributed by atoms with E-state index in [0.717, 1.165) is 19.3 Å². The van der Waals surface area contributed by atoms with E-state index < -0.39 is 27.7 Å². The first-order chi connectivity index (χ1) is 12.2. The molecule has 0 aromatic carbocycles. The highest BCUT2D eigenvalue weighted by atomic mass is 32.2. The Balaban J connectivity index is 4.20. The van der Waals surface area contributed by atoms with Crippen molar-refractivity contribution < 1.29 is 35.3 Å². The van der Waals surface area contributed by atoms with Crippen LogP contribution in [0.5, 0.6) is 0 Å². The van der Waals surface area contributed by atoms with Crippen molar-refractivity contribution in [1.29, 1.82) is 0 Å². The van der Waals surface area contributed by atoms with E-state index in [1.54, 1.807) is 0 Å². The average Bonchev–Trinajstić information content (AvgIpc) is 2.54. The quantitative estimate of drug-likeness (QED) is 0.164. The van der Waals surface area contributed by atoms with Gasteiger partial charge in [0, 0.05) is 0 Å². The molecule has 0 unspecified atom stereocenters. The van der Waals surface area contributed by atoms with Crippen LogP contribution >= 0.6 is 0 Å². The average molecular weight is 404 g/mol. The smallest absolute Gasteiger partial charge is 0.464 e. The standard InChI is InChI=1S/C17H31F3O5S/c1-3-5-6-7-8-9-10-11-12-13-14-15(16(21)24-4-2)25-26(22,23)17(18,19)20/h15H,3-14H2,1-2H3/t15-/m0/s1. The summed E-state index contributed by atoms with van der Waals surface area (Å²) in [6.07, 6.45) is 8.28. The zero-order valence-corrected chi connectivity index (χ0v) is 16.5. The van der Waals surface area contributed by atoms with Crippen molar-refractivity contribution in [1.82, 2.24) is 0 Å². The van der Waals surface area contributed by atoms with Gasteiger partial charge in [-0.1, -0.05) is 71.1 Å². The second kappa shape index (κ2) is 13.4. The van der Waals surface area contributed by atoms with Crippen LogP contribution in [0.25, 0.3) is 0 Å². The van der Waals surface area contributed by atoms with Crippen LogP contribution in [0.4, 0.5) is 13.2 Å². The highest BCUT2D eigenvalue weighted by Gasteiger charge is 2.49. The van der Waals surface area contributed by atoms with Crippen molar-refractivity contribution in [2.24, 2.45) is 0 Å². The lowest BCUT2D eigenvalue weighted by Crippen LogP contribution is -2.35. The minimum absolute atomic E-state index is 0.0667. The SMILES string of the molecule is CCCCCCCCCCCC[C@H](OS(=O)(=O)C(F)(F)F)C(=O)OCC. The highest BCUT2D eigenvalue weighted by molar-refractivity contribution is 7.87. The van der Waals surface area contributed by atoms with Crippen LogP contribution in [0.2, 0.25) is 0 Å². The number of carbonyl (C=O) groups excluding carboxylic acids is 1. The second-order valence-electron chi connectivity index (χ2n) is 6.21. The van der Waals surface area contributed by atoms with Crippen molar-refractivity contribution in [3.8, 4) is 0 Å². The van der Waals surface area contributed by atoms with E-state index in [2.05, 4.69) is 15.8 Å². The van der Waals surface area contributed by atoms with E-state index in [0.29, 0.717) is 12.8 Å². The van der Waals surface area contributed by atoms with Gasteiger partial charge < -0.3 is 4.74 Å². The molecule has 0 saturated heterocycles. The van der Waals surface area contributed by atoms with Gasteiger partial charge in [-0.2, -0.15) is 21.6 Å². The largest absolute Gasteiger partial charge is 0.523 e. The van der Waals surface area contributed by atoms with Gasteiger partial charge in [0.05, 0.1) is 6.61 Å². The van der Waals surface area contributed by atoms with Gasteiger partial charge in [-0.05, 0) is 13.3 Å². The van der Waals surface area contributed by atoms with Gasteiger partial charge in [0.2, 0.25) is 0 Å². The summed E-state index contributed by atoms with van der Waals surface area (Å²) in [5, 5.41) is 0. The lowest BCUT2D eigenvalue weighted by atomic mass is 10.0. The van der Waals surface area contributed by atoms with Crippen LogP contribution in [0.15, 0.2) is 0 Å². The van der Waals surface area contributed by atoms with Crippen molar-refractivity contribution in [2.45, 2.75) is 96.1 Å². The number of unbranched alkanes of at least 4 members (excludes halogenated alkanes) is 9. The number of ether oxygens (including phenoxy) is 1. The van der Waals surface area contributed by atoms with Gasteiger partial charge in [0.1, 0.15) is 0 Å². The highest BCUT2D eigenvalue weighted by Crippen LogP contribution is 2.27. The van der Waals surface area contributed by atoms with E-state index >= 15 is 0 Å². The monoisotopic (exact) mass is 404 g/mol. The van der Waals surface area contributed by atoms with Gasteiger partial charge in [-0.3, -0.25) is 0 Å². The first-order valence-corrected chi connectivity index (χ1v) is 10.7. The molecular weight excluding hydrogens is 373 g/mol. The summed E-state index contributed by atoms with van der Waals surface area (Å²) in [6.45, 7) is 3.57. The Bertz CT molecular complexity index is 477. The van der Waals surface area contributed by atoms with Crippen molar-refractivity contribution in [2.75, 3.05) is 6.61 Å². The number of carbonyl (C=O) groups is 1. The Labute approximate surface area is 154 Å². The number of hydrogen-bond donors (Lipinski definition) is 0. The molecular formula is C17H31F3O5S. The van der Waals surface area contributed by atoms with Gasteiger partial charge in [-0.25, -0.2) is 8.98 Å². The van der Waals surface area contributed by atoms with Crippen LogP contribution in [0.1, 0.15) is 84.5 Å². The number of rotatable bonds is 15. The maximum atomic E-state index is 12.4. The molecule has 0 saturated carbocycles. The fourth-order valence-electron chi connectivity index (χ4n) is 2.47. The first-order valence-electron chi connectivity index (χ1n) is 9.31. The lowest BCUT2D eigenvalue weighted by Gasteiger charge is -2.17. The maximum Gasteiger partial charge on any atom is 0.523 e. The zero-order valence-electron chi connectivity index (χ0n) is 15.6. The summed E-state index contributed by atoms with van der Waals surface area (Å²) in [7, 11) is -5.82. The van der Waals surface area contributed by atoms with Crippen LogP contribution in [-0.4, -0.2) is 32.6 Å². The van der Waals surface area contributed by atoms with E-state index in [1.807, 2.05) is 0 Å². The Kier molecular flexibility index (Phi) is 12.9. The van der Waals surface area contributed by atoms with Gasteiger partial charge in [-0.15, -0.1) is 0 Å². The summed E-state index contributed by atoms with van der Waals surface area (Å²) in [6, 6.07) is 0. The predicted molar refractivity (Wildman–Crippen MR) is 92.9 cm³/mol. The Morgan fingerprint density at radius 3 is 1.77 bits per heavy atom. The Hall–Kier alpha value is -0.830. The van der Waals surface area contributed by atoms with Gasteiger partial charge in [0.15, 0.2) is 6.10 Å². The van der Waals surface area contributed by atoms with Crippen LogP contribution < -0.4 is 0 Å². The Morgan fingerprint density at radius 1 is 0.885 bits per heavy atom. The molecule has 0 heterocycles. The van der Waals surface area contributed by atoms with Crippen molar-refractivity contribution in [3.05, 3.63) is 0 Å². The van der Waals surface area contributed by atoms with E-state index in [4.69, 9.17) is 0 Å². The predicted octanol–water partition coefficient (Wildman–Crippen LogP) is 5.10. The molecule has 156 valence electrons. The topological polar surface area (TPSA) is 69.7 Å². The number of alkyl halides is 3. The summed E-state index contributed by atoms with van der Waals surface area (Å²) in [5.74, 6) is -1.09. The van der Waals surface area contributed by atoms with Crippen molar-refractivity contribution >= 4 is 16.1 Å². The van der Waals surface area contributed by atoms with Crippen LogP contribution in [0.3, 0.4) is 0 Å². The number of hydrogen-bond acceptors (Lipinski definition) is 5. The molecule has 0 rings (SSSR count). The first kappa shape index (κ1) is 25.2. The second-order valence-corrected chi connectivity index (χ2v) is 7.77. The molecule has 1 atom stereocenters. The third-order valence-corrected chi connectivity index (χ3v) is 4.95. The third-order valence-electron chi connectivity index (χ3n) is 3.90. The molecule has 0 amide bonds. The summed E-state index contributed by atoms with van der Waals surface area (Å²) in [5.41, 5.74) is -5.56. The normalized spacial score (nSPS) is 13.6. The molecule has 0 aromatic rings. The third kappa shape index (κ3) is 11.0. The van der Waals surface area contributed by atoms with Crippen molar-refractivity contribution in [3.63, 3.8) is 0 Å². The van der Waals surface area contributed by atoms with E-state index in [9.17, 15) is 26.4 Å². The Morgan fingerprint density at radius 2 is 1.35 bits per heavy atom. The fraction of sp³-hybridized carbons (Fsp3) is 0.941. The molecule has 0 aromatic heterocycles. The maximum absolute atomic E-state index is 12.4. The molecule has 5 nitrogen and oxygen atoms in total. The summed E-state index contributed by atoms with van der Waals surface area (Å²) in [4.78, 5) is 11.7. The molecule has 0 fully saturated rings. The molecule has 0 N–H and O–H groups in total. The van der Waals surface area contributed by atoms with Gasteiger partial charge in [0.25, 0.3) is 0 Å². The fourth-order valence-corrected chi connectivity index (χ4v) is 3.05. The molecule has 0 spiro atoms. The van der Waals surface area contributed by atoms with Gasteiger partial charge >= 0.3 is 21.6 Å². The molecule has 9 heteroatoms. The molecule has 0 radical (unpaired) electrons. The number of esters is 1. The minimum Gasteiger partial charge on any atom is -0.464 e.